The van der Waals surface area contributed by atoms with Crippen LogP contribution in [0.4, 0.5) is 11.4 Å². The Kier molecular flexibility index (Phi) is 3.47. The minimum absolute atomic E-state index is 0.108. The van der Waals surface area contributed by atoms with Crippen molar-refractivity contribution in [3.05, 3.63) is 51.3 Å². The maximum absolute atomic E-state index is 10.9. The van der Waals surface area contributed by atoms with E-state index in [1.807, 2.05) is 13.2 Å². The molecule has 6 nitrogen and oxygen atoms in total. The smallest absolute Gasteiger partial charge is 0.310 e. The van der Waals surface area contributed by atoms with Gasteiger partial charge in [-0.05, 0) is 12.1 Å². The lowest BCUT2D eigenvalue weighted by Gasteiger charge is -2.06. The first-order valence-electron chi connectivity index (χ1n) is 5.22. The van der Waals surface area contributed by atoms with Gasteiger partial charge in [-0.25, -0.2) is 0 Å². The number of aromatic nitrogens is 2. The van der Waals surface area contributed by atoms with Gasteiger partial charge < -0.3 is 5.32 Å². The zero-order valence-electron chi connectivity index (χ0n) is 9.63. The Balaban J connectivity index is 2.19. The molecule has 94 valence electrons. The topological polar surface area (TPSA) is 73.0 Å². The van der Waals surface area contributed by atoms with Crippen LogP contribution in [-0.2, 0) is 13.6 Å². The Morgan fingerprint density at radius 3 is 2.94 bits per heavy atom. The summed E-state index contributed by atoms with van der Waals surface area (Å²) in [5.74, 6) is 0. The van der Waals surface area contributed by atoms with Crippen molar-refractivity contribution >= 4 is 23.0 Å². The number of hydrogen-bond acceptors (Lipinski definition) is 4. The summed E-state index contributed by atoms with van der Waals surface area (Å²) < 4.78 is 1.67. The molecule has 2 aromatic rings. The number of rotatable bonds is 4. The fourth-order valence-electron chi connectivity index (χ4n) is 1.60. The lowest BCUT2D eigenvalue weighted by Crippen LogP contribution is -2.02. The fraction of sp³-hybridized carbons (Fsp3) is 0.182. The molecule has 0 amide bonds. The molecule has 0 aliphatic heterocycles. The van der Waals surface area contributed by atoms with Gasteiger partial charge in [-0.3, -0.25) is 14.8 Å². The minimum Gasteiger partial charge on any atom is -0.375 e. The van der Waals surface area contributed by atoms with E-state index < -0.39 is 4.92 Å². The molecule has 1 aromatic carbocycles. The number of hydrogen-bond donors (Lipinski definition) is 1. The van der Waals surface area contributed by atoms with Crippen LogP contribution >= 0.6 is 11.6 Å². The van der Waals surface area contributed by atoms with Crippen molar-refractivity contribution in [2.75, 3.05) is 5.32 Å². The second-order valence-corrected chi connectivity index (χ2v) is 4.18. The monoisotopic (exact) mass is 266 g/mol. The summed E-state index contributed by atoms with van der Waals surface area (Å²) in [6, 6.07) is 4.79. The van der Waals surface area contributed by atoms with E-state index in [-0.39, 0.29) is 10.7 Å². The Labute approximate surface area is 108 Å². The van der Waals surface area contributed by atoms with Gasteiger partial charge in [0.05, 0.1) is 11.1 Å². The zero-order valence-corrected chi connectivity index (χ0v) is 10.4. The van der Waals surface area contributed by atoms with Crippen LogP contribution < -0.4 is 5.32 Å². The van der Waals surface area contributed by atoms with Crippen molar-refractivity contribution in [3.8, 4) is 0 Å². The van der Waals surface area contributed by atoms with Gasteiger partial charge >= 0.3 is 5.69 Å². The SMILES string of the molecule is Cn1cc(CNc2cccc(Cl)c2[N+](=O)[O-])cn1. The van der Waals surface area contributed by atoms with Crippen molar-refractivity contribution in [3.63, 3.8) is 0 Å². The predicted octanol–water partition coefficient (Wildman–Crippen LogP) is 2.59. The van der Waals surface area contributed by atoms with Gasteiger partial charge in [0, 0.05) is 25.4 Å². The average Bonchev–Trinajstić information content (AvgIpc) is 2.72. The fourth-order valence-corrected chi connectivity index (χ4v) is 1.85. The first-order valence-corrected chi connectivity index (χ1v) is 5.60. The third-order valence-electron chi connectivity index (χ3n) is 2.41. The highest BCUT2D eigenvalue weighted by atomic mass is 35.5. The third-order valence-corrected chi connectivity index (χ3v) is 2.72. The molecule has 7 heteroatoms. The highest BCUT2D eigenvalue weighted by Gasteiger charge is 2.17. The van der Waals surface area contributed by atoms with Crippen LogP contribution in [0.1, 0.15) is 5.56 Å². The molecule has 0 saturated carbocycles. The van der Waals surface area contributed by atoms with E-state index in [0.29, 0.717) is 12.2 Å². The van der Waals surface area contributed by atoms with Crippen LogP contribution in [0.25, 0.3) is 0 Å². The molecule has 0 spiro atoms. The lowest BCUT2D eigenvalue weighted by molar-refractivity contribution is -0.383. The average molecular weight is 267 g/mol. The van der Waals surface area contributed by atoms with E-state index in [9.17, 15) is 10.1 Å². The molecular formula is C11H11ClN4O2. The molecular weight excluding hydrogens is 256 g/mol. The maximum Gasteiger partial charge on any atom is 0.310 e. The van der Waals surface area contributed by atoms with E-state index in [1.54, 1.807) is 23.0 Å². The normalized spacial score (nSPS) is 10.3. The van der Waals surface area contributed by atoms with Gasteiger partial charge in [-0.1, -0.05) is 17.7 Å². The van der Waals surface area contributed by atoms with Gasteiger partial charge in [0.2, 0.25) is 0 Å². The second-order valence-electron chi connectivity index (χ2n) is 3.77. The first kappa shape index (κ1) is 12.4. The summed E-state index contributed by atoms with van der Waals surface area (Å²) in [6.45, 7) is 0.453. The predicted molar refractivity (Wildman–Crippen MR) is 68.6 cm³/mol. The van der Waals surface area contributed by atoms with Gasteiger partial charge in [0.15, 0.2) is 0 Å². The molecule has 0 bridgehead atoms. The van der Waals surface area contributed by atoms with E-state index in [2.05, 4.69) is 10.4 Å². The maximum atomic E-state index is 10.9. The molecule has 2 rings (SSSR count). The largest absolute Gasteiger partial charge is 0.375 e. The van der Waals surface area contributed by atoms with Crippen LogP contribution in [0, 0.1) is 10.1 Å². The number of halogens is 1. The van der Waals surface area contributed by atoms with Crippen LogP contribution in [0.3, 0.4) is 0 Å². The summed E-state index contributed by atoms with van der Waals surface area (Å²) >= 11 is 5.81. The standard InChI is InChI=1S/C11H11ClN4O2/c1-15-7-8(6-14-15)5-13-10-4-2-3-9(12)11(10)16(17)18/h2-4,6-7,13H,5H2,1H3. The van der Waals surface area contributed by atoms with Crippen LogP contribution in [0.2, 0.25) is 5.02 Å². The number of nitro benzene ring substituents is 1. The van der Waals surface area contributed by atoms with E-state index in [0.717, 1.165) is 5.56 Å². The quantitative estimate of drug-likeness (QED) is 0.682. The van der Waals surface area contributed by atoms with E-state index >= 15 is 0 Å². The number of anilines is 1. The van der Waals surface area contributed by atoms with Crippen LogP contribution in [-0.4, -0.2) is 14.7 Å². The summed E-state index contributed by atoms with van der Waals surface area (Å²) in [4.78, 5) is 10.4. The molecule has 1 N–H and O–H groups in total. The van der Waals surface area contributed by atoms with Crippen LogP contribution in [0.15, 0.2) is 30.6 Å². The third kappa shape index (κ3) is 2.60. The van der Waals surface area contributed by atoms with Crippen molar-refractivity contribution < 1.29 is 4.92 Å². The molecule has 0 aliphatic carbocycles. The van der Waals surface area contributed by atoms with Gasteiger partial charge in [-0.15, -0.1) is 0 Å². The number of nitro groups is 1. The van der Waals surface area contributed by atoms with Crippen molar-refractivity contribution in [1.29, 1.82) is 0 Å². The Hall–Kier alpha value is -2.08. The van der Waals surface area contributed by atoms with Crippen molar-refractivity contribution in [2.45, 2.75) is 6.54 Å². The van der Waals surface area contributed by atoms with Crippen molar-refractivity contribution in [2.24, 2.45) is 7.05 Å². The summed E-state index contributed by atoms with van der Waals surface area (Å²) in [5, 5.41) is 18.1. The van der Waals surface area contributed by atoms with Gasteiger partial charge in [-0.2, -0.15) is 5.10 Å². The van der Waals surface area contributed by atoms with Gasteiger partial charge in [0.25, 0.3) is 0 Å². The van der Waals surface area contributed by atoms with E-state index in [4.69, 9.17) is 11.6 Å². The van der Waals surface area contributed by atoms with Crippen molar-refractivity contribution in [1.82, 2.24) is 9.78 Å². The Morgan fingerprint density at radius 1 is 1.56 bits per heavy atom. The lowest BCUT2D eigenvalue weighted by atomic mass is 10.2. The van der Waals surface area contributed by atoms with E-state index in [1.165, 1.54) is 6.07 Å². The number of nitrogens with one attached hydrogen (secondary N) is 1. The Bertz CT molecular complexity index is 582. The first-order chi connectivity index (χ1) is 8.58. The number of benzene rings is 1. The molecule has 0 saturated heterocycles. The number of aryl methyl sites for hydroxylation is 1. The molecule has 0 radical (unpaired) electrons. The summed E-state index contributed by atoms with van der Waals surface area (Å²) in [6.07, 6.45) is 3.53. The second kappa shape index (κ2) is 5.05. The minimum atomic E-state index is -0.492. The Morgan fingerprint density at radius 2 is 2.33 bits per heavy atom. The highest BCUT2D eigenvalue weighted by Crippen LogP contribution is 2.32. The molecule has 1 aromatic heterocycles. The molecule has 0 aliphatic rings. The van der Waals surface area contributed by atoms with Gasteiger partial charge in [0.1, 0.15) is 10.7 Å². The van der Waals surface area contributed by atoms with Crippen LogP contribution in [0.5, 0.6) is 0 Å². The molecule has 18 heavy (non-hydrogen) atoms. The zero-order chi connectivity index (χ0) is 13.1. The molecule has 0 atom stereocenters. The summed E-state index contributed by atoms with van der Waals surface area (Å²) in [5.41, 5.74) is 1.23. The summed E-state index contributed by atoms with van der Waals surface area (Å²) in [7, 11) is 1.81. The number of nitrogens with zero attached hydrogens (tertiary/aromatic N) is 3. The molecule has 0 fully saturated rings. The number of para-hydroxylation sites is 1. The highest BCUT2D eigenvalue weighted by molar-refractivity contribution is 6.33. The molecule has 0 unspecified atom stereocenters. The molecule has 1 heterocycles.